The van der Waals surface area contributed by atoms with Crippen molar-refractivity contribution in [2.24, 2.45) is 0 Å². The van der Waals surface area contributed by atoms with Crippen LogP contribution >= 0.6 is 0 Å². The fourth-order valence-electron chi connectivity index (χ4n) is 2.69. The second kappa shape index (κ2) is 8.03. The minimum Gasteiger partial charge on any atom is -0.494 e. The third-order valence-electron chi connectivity index (χ3n) is 3.96. The summed E-state index contributed by atoms with van der Waals surface area (Å²) in [7, 11) is 0. The molecule has 0 spiro atoms. The first-order valence-corrected chi connectivity index (χ1v) is 7.91. The molecule has 0 aliphatic carbocycles. The molecule has 4 nitrogen and oxygen atoms in total. The number of likely N-dealkylation sites (tertiary alicyclic amines) is 1. The molecule has 1 fully saturated rings. The first kappa shape index (κ1) is 15.8. The maximum atomic E-state index is 12.0. The number of hydrogen-bond acceptors (Lipinski definition) is 3. The van der Waals surface area contributed by atoms with E-state index in [9.17, 15) is 4.79 Å². The molecule has 1 heterocycles. The summed E-state index contributed by atoms with van der Waals surface area (Å²) in [6.07, 6.45) is 2.99. The van der Waals surface area contributed by atoms with E-state index in [2.05, 4.69) is 17.1 Å². The van der Waals surface area contributed by atoms with Crippen molar-refractivity contribution in [1.82, 2.24) is 10.2 Å². The summed E-state index contributed by atoms with van der Waals surface area (Å²) in [4.78, 5) is 14.4. The summed E-state index contributed by atoms with van der Waals surface area (Å²) < 4.78 is 5.40. The normalized spacial score (nSPS) is 16.7. The molecule has 0 radical (unpaired) electrons. The second-order valence-electron chi connectivity index (χ2n) is 5.65. The Bertz CT molecular complexity index is 439. The van der Waals surface area contributed by atoms with Gasteiger partial charge in [-0.1, -0.05) is 12.1 Å². The topological polar surface area (TPSA) is 41.6 Å². The van der Waals surface area contributed by atoms with Crippen LogP contribution in [0.2, 0.25) is 0 Å². The number of amides is 1. The van der Waals surface area contributed by atoms with Crippen LogP contribution in [0.5, 0.6) is 5.75 Å². The van der Waals surface area contributed by atoms with E-state index in [-0.39, 0.29) is 5.91 Å². The van der Waals surface area contributed by atoms with Crippen molar-refractivity contribution >= 4 is 5.91 Å². The van der Waals surface area contributed by atoms with Crippen LogP contribution in [0.15, 0.2) is 24.3 Å². The molecule has 0 aromatic heterocycles. The van der Waals surface area contributed by atoms with E-state index in [1.807, 2.05) is 31.2 Å². The highest BCUT2D eigenvalue weighted by atomic mass is 16.5. The maximum absolute atomic E-state index is 12.0. The monoisotopic (exact) mass is 290 g/mol. The number of benzene rings is 1. The van der Waals surface area contributed by atoms with Crippen molar-refractivity contribution in [3.8, 4) is 5.75 Å². The lowest BCUT2D eigenvalue weighted by atomic mass is 10.1. The Labute approximate surface area is 127 Å². The SMILES string of the molecule is CCOc1ccc(CC(=O)NCC(C)N2CCCC2)cc1. The van der Waals surface area contributed by atoms with E-state index in [0.717, 1.165) is 30.9 Å². The highest BCUT2D eigenvalue weighted by Gasteiger charge is 2.18. The van der Waals surface area contributed by atoms with Gasteiger partial charge in [-0.25, -0.2) is 0 Å². The predicted molar refractivity (Wildman–Crippen MR) is 84.6 cm³/mol. The molecule has 2 rings (SSSR count). The first-order chi connectivity index (χ1) is 10.2. The van der Waals surface area contributed by atoms with Gasteiger partial charge in [-0.05, 0) is 57.5 Å². The minimum atomic E-state index is 0.0882. The number of nitrogens with zero attached hydrogens (tertiary/aromatic N) is 1. The van der Waals surface area contributed by atoms with Crippen molar-refractivity contribution in [1.29, 1.82) is 0 Å². The molecule has 0 saturated carbocycles. The van der Waals surface area contributed by atoms with Gasteiger partial charge in [-0.2, -0.15) is 0 Å². The van der Waals surface area contributed by atoms with Gasteiger partial charge in [0.25, 0.3) is 0 Å². The van der Waals surface area contributed by atoms with Gasteiger partial charge in [-0.3, -0.25) is 9.69 Å². The van der Waals surface area contributed by atoms with Crippen LogP contribution in [-0.4, -0.2) is 43.1 Å². The Morgan fingerprint density at radius 3 is 2.57 bits per heavy atom. The zero-order valence-corrected chi connectivity index (χ0v) is 13.1. The van der Waals surface area contributed by atoms with E-state index in [0.29, 0.717) is 19.1 Å². The molecular weight excluding hydrogens is 264 g/mol. The van der Waals surface area contributed by atoms with Gasteiger partial charge < -0.3 is 10.1 Å². The average Bonchev–Trinajstić information content (AvgIpc) is 3.01. The van der Waals surface area contributed by atoms with Gasteiger partial charge in [0.1, 0.15) is 5.75 Å². The number of rotatable bonds is 7. The van der Waals surface area contributed by atoms with E-state index in [1.54, 1.807) is 0 Å². The summed E-state index contributed by atoms with van der Waals surface area (Å²) >= 11 is 0. The number of carbonyl (C=O) groups excluding carboxylic acids is 1. The molecule has 116 valence electrons. The Kier molecular flexibility index (Phi) is 6.05. The molecule has 1 amide bonds. The zero-order valence-electron chi connectivity index (χ0n) is 13.1. The number of ether oxygens (including phenoxy) is 1. The highest BCUT2D eigenvalue weighted by Crippen LogP contribution is 2.13. The van der Waals surface area contributed by atoms with Crippen molar-refractivity contribution in [3.05, 3.63) is 29.8 Å². The van der Waals surface area contributed by atoms with Crippen molar-refractivity contribution in [3.63, 3.8) is 0 Å². The smallest absolute Gasteiger partial charge is 0.224 e. The largest absolute Gasteiger partial charge is 0.494 e. The van der Waals surface area contributed by atoms with Crippen LogP contribution in [0, 0.1) is 0 Å². The third kappa shape index (κ3) is 5.05. The first-order valence-electron chi connectivity index (χ1n) is 7.91. The lowest BCUT2D eigenvalue weighted by molar-refractivity contribution is -0.120. The van der Waals surface area contributed by atoms with Gasteiger partial charge >= 0.3 is 0 Å². The molecule has 1 saturated heterocycles. The molecule has 1 atom stereocenters. The van der Waals surface area contributed by atoms with Gasteiger partial charge in [0.15, 0.2) is 0 Å². The van der Waals surface area contributed by atoms with Crippen molar-refractivity contribution in [2.75, 3.05) is 26.2 Å². The molecule has 1 aliphatic rings. The van der Waals surface area contributed by atoms with Gasteiger partial charge in [0.2, 0.25) is 5.91 Å². The van der Waals surface area contributed by atoms with Crippen LogP contribution in [0.3, 0.4) is 0 Å². The van der Waals surface area contributed by atoms with E-state index < -0.39 is 0 Å². The summed E-state index contributed by atoms with van der Waals surface area (Å²) in [6.45, 7) is 7.86. The molecule has 1 N–H and O–H groups in total. The van der Waals surface area contributed by atoms with Crippen LogP contribution in [0.4, 0.5) is 0 Å². The maximum Gasteiger partial charge on any atom is 0.224 e. The van der Waals surface area contributed by atoms with Gasteiger partial charge in [0, 0.05) is 12.6 Å². The quantitative estimate of drug-likeness (QED) is 0.837. The summed E-state index contributed by atoms with van der Waals surface area (Å²) in [5, 5.41) is 3.04. The Balaban J connectivity index is 1.73. The Morgan fingerprint density at radius 1 is 1.29 bits per heavy atom. The van der Waals surface area contributed by atoms with Crippen LogP contribution in [0.1, 0.15) is 32.3 Å². The van der Waals surface area contributed by atoms with Crippen LogP contribution in [-0.2, 0) is 11.2 Å². The van der Waals surface area contributed by atoms with E-state index in [1.165, 1.54) is 12.8 Å². The highest BCUT2D eigenvalue weighted by molar-refractivity contribution is 5.78. The minimum absolute atomic E-state index is 0.0882. The molecular formula is C17H26N2O2. The molecule has 1 aliphatic heterocycles. The predicted octanol–water partition coefficient (Wildman–Crippen LogP) is 2.23. The fourth-order valence-corrected chi connectivity index (χ4v) is 2.69. The lowest BCUT2D eigenvalue weighted by Crippen LogP contribution is -2.41. The molecule has 1 aromatic carbocycles. The molecule has 1 aromatic rings. The molecule has 1 unspecified atom stereocenters. The zero-order chi connectivity index (χ0) is 15.1. The van der Waals surface area contributed by atoms with Crippen molar-refractivity contribution < 1.29 is 9.53 Å². The second-order valence-corrected chi connectivity index (χ2v) is 5.65. The van der Waals surface area contributed by atoms with Crippen LogP contribution < -0.4 is 10.1 Å². The molecule has 0 bridgehead atoms. The summed E-state index contributed by atoms with van der Waals surface area (Å²) in [6, 6.07) is 8.16. The van der Waals surface area contributed by atoms with Crippen LogP contribution in [0.25, 0.3) is 0 Å². The number of hydrogen-bond donors (Lipinski definition) is 1. The van der Waals surface area contributed by atoms with E-state index >= 15 is 0 Å². The van der Waals surface area contributed by atoms with Gasteiger partial charge in [-0.15, -0.1) is 0 Å². The third-order valence-corrected chi connectivity index (χ3v) is 3.96. The lowest BCUT2D eigenvalue weighted by Gasteiger charge is -2.23. The average molecular weight is 290 g/mol. The van der Waals surface area contributed by atoms with Crippen molar-refractivity contribution in [2.45, 2.75) is 39.2 Å². The van der Waals surface area contributed by atoms with Gasteiger partial charge in [0.05, 0.1) is 13.0 Å². The van der Waals surface area contributed by atoms with E-state index in [4.69, 9.17) is 4.74 Å². The summed E-state index contributed by atoms with van der Waals surface area (Å²) in [5.41, 5.74) is 1.02. The number of carbonyl (C=O) groups is 1. The Morgan fingerprint density at radius 2 is 1.95 bits per heavy atom. The Hall–Kier alpha value is -1.55. The summed E-state index contributed by atoms with van der Waals surface area (Å²) in [5.74, 6) is 0.939. The molecule has 21 heavy (non-hydrogen) atoms. The number of nitrogens with one attached hydrogen (secondary N) is 1. The standard InChI is InChI=1S/C17H26N2O2/c1-3-21-16-8-6-15(7-9-16)12-17(20)18-13-14(2)19-10-4-5-11-19/h6-9,14H,3-5,10-13H2,1-2H3,(H,18,20). The fraction of sp³-hybridized carbons (Fsp3) is 0.588. The molecule has 4 heteroatoms.